The molecule has 4 heteroatoms. The smallest absolute Gasteiger partial charge is 0.236 e. The number of hydrogen-bond acceptors (Lipinski definition) is 3. The van der Waals surface area contributed by atoms with Crippen molar-refractivity contribution >= 4 is 5.91 Å². The fourth-order valence-electron chi connectivity index (χ4n) is 3.65. The van der Waals surface area contributed by atoms with E-state index in [0.717, 1.165) is 45.2 Å². The molecule has 2 rings (SSSR count). The Bertz CT molecular complexity index is 322. The normalized spacial score (nSPS) is 30.2. The first kappa shape index (κ1) is 15.8. The van der Waals surface area contributed by atoms with Crippen molar-refractivity contribution in [1.82, 2.24) is 9.80 Å². The minimum absolute atomic E-state index is 0.179. The zero-order chi connectivity index (χ0) is 14.5. The molecular formula is C16H30N2O2. The summed E-state index contributed by atoms with van der Waals surface area (Å²) in [4.78, 5) is 16.8. The van der Waals surface area contributed by atoms with E-state index in [-0.39, 0.29) is 18.1 Å². The summed E-state index contributed by atoms with van der Waals surface area (Å²) >= 11 is 0. The van der Waals surface area contributed by atoms with E-state index >= 15 is 0 Å². The molecule has 20 heavy (non-hydrogen) atoms. The van der Waals surface area contributed by atoms with E-state index in [1.165, 1.54) is 12.8 Å². The maximum absolute atomic E-state index is 12.5. The maximum atomic E-state index is 12.5. The first-order valence-corrected chi connectivity index (χ1v) is 8.35. The molecule has 0 bridgehead atoms. The van der Waals surface area contributed by atoms with Crippen LogP contribution in [0.3, 0.4) is 0 Å². The Labute approximate surface area is 123 Å². The van der Waals surface area contributed by atoms with Crippen molar-refractivity contribution < 1.29 is 9.90 Å². The van der Waals surface area contributed by atoms with Crippen molar-refractivity contribution in [1.29, 1.82) is 0 Å². The fourth-order valence-corrected chi connectivity index (χ4v) is 3.65. The standard InChI is InChI=1S/C16H30N2O2/c1-3-15(19)14-9-5-6-10-17(14)12-16(20)18-11-7-4-8-13(18)2/h13-15,19H,3-12H2,1-2H3. The molecule has 2 aliphatic heterocycles. The van der Waals surface area contributed by atoms with Gasteiger partial charge in [-0.05, 0) is 52.0 Å². The number of nitrogens with zero attached hydrogens (tertiary/aromatic N) is 2. The summed E-state index contributed by atoms with van der Waals surface area (Å²) in [6.07, 6.45) is 7.34. The molecule has 0 aromatic rings. The summed E-state index contributed by atoms with van der Waals surface area (Å²) in [5, 5.41) is 10.2. The number of carbonyl (C=O) groups excluding carboxylic acids is 1. The van der Waals surface area contributed by atoms with Crippen molar-refractivity contribution in [3.05, 3.63) is 0 Å². The summed E-state index contributed by atoms with van der Waals surface area (Å²) in [6, 6.07) is 0.563. The quantitative estimate of drug-likeness (QED) is 0.858. The van der Waals surface area contributed by atoms with E-state index in [1.807, 2.05) is 11.8 Å². The van der Waals surface area contributed by atoms with Crippen molar-refractivity contribution in [2.75, 3.05) is 19.6 Å². The third kappa shape index (κ3) is 3.73. The predicted molar refractivity (Wildman–Crippen MR) is 80.5 cm³/mol. The highest BCUT2D eigenvalue weighted by Gasteiger charge is 2.31. The number of hydrogen-bond donors (Lipinski definition) is 1. The lowest BCUT2D eigenvalue weighted by Gasteiger charge is -2.40. The number of piperidine rings is 2. The van der Waals surface area contributed by atoms with Gasteiger partial charge in [-0.15, -0.1) is 0 Å². The first-order valence-electron chi connectivity index (χ1n) is 8.35. The topological polar surface area (TPSA) is 43.8 Å². The van der Waals surface area contributed by atoms with Gasteiger partial charge in [0.15, 0.2) is 0 Å². The van der Waals surface area contributed by atoms with Gasteiger partial charge in [0.1, 0.15) is 0 Å². The van der Waals surface area contributed by atoms with Gasteiger partial charge in [0.25, 0.3) is 0 Å². The summed E-state index contributed by atoms with van der Waals surface area (Å²) < 4.78 is 0. The molecular weight excluding hydrogens is 252 g/mol. The molecule has 0 spiro atoms. The largest absolute Gasteiger partial charge is 0.392 e. The molecule has 3 unspecified atom stereocenters. The molecule has 2 fully saturated rings. The molecule has 0 aliphatic carbocycles. The van der Waals surface area contributed by atoms with E-state index in [1.54, 1.807) is 0 Å². The van der Waals surface area contributed by atoms with E-state index < -0.39 is 0 Å². The number of rotatable bonds is 4. The van der Waals surface area contributed by atoms with Crippen LogP contribution >= 0.6 is 0 Å². The van der Waals surface area contributed by atoms with Crippen molar-refractivity contribution in [3.8, 4) is 0 Å². The second-order valence-corrected chi connectivity index (χ2v) is 6.44. The van der Waals surface area contributed by atoms with Crippen LogP contribution in [-0.4, -0.2) is 58.6 Å². The molecule has 0 aromatic carbocycles. The summed E-state index contributed by atoms with van der Waals surface area (Å²) in [6.45, 7) is 6.54. The Balaban J connectivity index is 1.93. The zero-order valence-corrected chi connectivity index (χ0v) is 13.1. The fraction of sp³-hybridized carbons (Fsp3) is 0.938. The Morgan fingerprint density at radius 2 is 1.90 bits per heavy atom. The summed E-state index contributed by atoms with van der Waals surface area (Å²) in [5.74, 6) is 0.257. The van der Waals surface area contributed by atoms with Crippen LogP contribution in [0.25, 0.3) is 0 Å². The van der Waals surface area contributed by atoms with Gasteiger partial charge in [-0.3, -0.25) is 9.69 Å². The van der Waals surface area contributed by atoms with Crippen LogP contribution in [-0.2, 0) is 4.79 Å². The Hall–Kier alpha value is -0.610. The average molecular weight is 282 g/mol. The van der Waals surface area contributed by atoms with E-state index in [9.17, 15) is 9.90 Å². The van der Waals surface area contributed by atoms with Gasteiger partial charge in [-0.1, -0.05) is 13.3 Å². The highest BCUT2D eigenvalue weighted by molar-refractivity contribution is 5.78. The zero-order valence-electron chi connectivity index (χ0n) is 13.1. The van der Waals surface area contributed by atoms with E-state index in [2.05, 4.69) is 11.8 Å². The van der Waals surface area contributed by atoms with Gasteiger partial charge in [0.2, 0.25) is 5.91 Å². The van der Waals surface area contributed by atoms with Crippen LogP contribution in [0.5, 0.6) is 0 Å². The summed E-state index contributed by atoms with van der Waals surface area (Å²) in [5.41, 5.74) is 0. The number of amides is 1. The Kier molecular flexibility index (Phi) is 5.85. The van der Waals surface area contributed by atoms with Gasteiger partial charge < -0.3 is 10.0 Å². The predicted octanol–water partition coefficient (Wildman–Crippen LogP) is 2.01. The van der Waals surface area contributed by atoms with Crippen LogP contribution in [0.15, 0.2) is 0 Å². The molecule has 1 N–H and O–H groups in total. The molecule has 2 saturated heterocycles. The molecule has 0 saturated carbocycles. The Morgan fingerprint density at radius 1 is 1.20 bits per heavy atom. The van der Waals surface area contributed by atoms with E-state index in [4.69, 9.17) is 0 Å². The van der Waals surface area contributed by atoms with Gasteiger partial charge >= 0.3 is 0 Å². The number of likely N-dealkylation sites (tertiary alicyclic amines) is 2. The van der Waals surface area contributed by atoms with E-state index in [0.29, 0.717) is 12.6 Å². The van der Waals surface area contributed by atoms with Crippen LogP contribution < -0.4 is 0 Å². The third-order valence-electron chi connectivity index (χ3n) is 4.99. The average Bonchev–Trinajstić information content (AvgIpc) is 2.47. The molecule has 0 radical (unpaired) electrons. The molecule has 1 amide bonds. The molecule has 3 atom stereocenters. The van der Waals surface area contributed by atoms with Gasteiger partial charge in [0.05, 0.1) is 12.6 Å². The van der Waals surface area contributed by atoms with Crippen LogP contribution in [0, 0.1) is 0 Å². The monoisotopic (exact) mass is 282 g/mol. The lowest BCUT2D eigenvalue weighted by atomic mass is 9.95. The first-order chi connectivity index (χ1) is 9.63. The lowest BCUT2D eigenvalue weighted by Crippen LogP contribution is -2.53. The van der Waals surface area contributed by atoms with Crippen LogP contribution in [0.1, 0.15) is 58.8 Å². The second-order valence-electron chi connectivity index (χ2n) is 6.44. The van der Waals surface area contributed by atoms with Crippen molar-refractivity contribution in [3.63, 3.8) is 0 Å². The van der Waals surface area contributed by atoms with Crippen molar-refractivity contribution in [2.45, 2.75) is 77.0 Å². The highest BCUT2D eigenvalue weighted by atomic mass is 16.3. The minimum atomic E-state index is -0.290. The minimum Gasteiger partial charge on any atom is -0.392 e. The third-order valence-corrected chi connectivity index (χ3v) is 4.99. The van der Waals surface area contributed by atoms with Crippen LogP contribution in [0.2, 0.25) is 0 Å². The Morgan fingerprint density at radius 3 is 2.60 bits per heavy atom. The lowest BCUT2D eigenvalue weighted by molar-refractivity contribution is -0.137. The second kappa shape index (κ2) is 7.41. The van der Waals surface area contributed by atoms with Gasteiger partial charge in [-0.2, -0.15) is 0 Å². The molecule has 116 valence electrons. The SMILES string of the molecule is CCC(O)C1CCCCN1CC(=O)N1CCCCC1C. The highest BCUT2D eigenvalue weighted by Crippen LogP contribution is 2.22. The maximum Gasteiger partial charge on any atom is 0.236 e. The van der Waals surface area contributed by atoms with Gasteiger partial charge in [-0.25, -0.2) is 0 Å². The van der Waals surface area contributed by atoms with Crippen LogP contribution in [0.4, 0.5) is 0 Å². The molecule has 2 heterocycles. The summed E-state index contributed by atoms with van der Waals surface area (Å²) in [7, 11) is 0. The number of aliphatic hydroxyl groups excluding tert-OH is 1. The van der Waals surface area contributed by atoms with Crippen molar-refractivity contribution in [2.24, 2.45) is 0 Å². The van der Waals surface area contributed by atoms with Gasteiger partial charge in [0, 0.05) is 18.6 Å². The molecule has 2 aliphatic rings. The number of aliphatic hydroxyl groups is 1. The molecule has 4 nitrogen and oxygen atoms in total. The molecule has 0 aromatic heterocycles. The number of carbonyl (C=O) groups is 1.